The molecule has 0 aliphatic carbocycles. The molecule has 0 radical (unpaired) electrons. The van der Waals surface area contributed by atoms with E-state index in [0.29, 0.717) is 0 Å². The lowest BCUT2D eigenvalue weighted by Gasteiger charge is -1.96. The Labute approximate surface area is 65.6 Å². The SMILES string of the molecule is C/C=C(/F)C(Cl)=NC(C)C. The smallest absolute Gasteiger partial charge is 0.159 e. The van der Waals surface area contributed by atoms with E-state index in [2.05, 4.69) is 4.99 Å². The lowest BCUT2D eigenvalue weighted by Crippen LogP contribution is -1.95. The molecule has 0 aliphatic heterocycles. The molecule has 0 N–H and O–H groups in total. The van der Waals surface area contributed by atoms with Crippen LogP contribution in [0.4, 0.5) is 4.39 Å². The van der Waals surface area contributed by atoms with Crippen molar-refractivity contribution in [1.29, 1.82) is 0 Å². The lowest BCUT2D eigenvalue weighted by atomic mass is 10.4. The molecule has 0 bridgehead atoms. The van der Waals surface area contributed by atoms with Gasteiger partial charge in [-0.2, -0.15) is 0 Å². The van der Waals surface area contributed by atoms with Gasteiger partial charge in [-0.3, -0.25) is 4.99 Å². The number of hydrogen-bond acceptors (Lipinski definition) is 1. The molecule has 0 saturated heterocycles. The fourth-order valence-corrected chi connectivity index (χ4v) is 0.712. The van der Waals surface area contributed by atoms with Gasteiger partial charge in [0.2, 0.25) is 0 Å². The molecule has 0 aromatic rings. The minimum atomic E-state index is -0.463. The second kappa shape index (κ2) is 4.45. The van der Waals surface area contributed by atoms with Crippen molar-refractivity contribution in [1.82, 2.24) is 0 Å². The second-order valence-electron chi connectivity index (χ2n) is 2.15. The van der Waals surface area contributed by atoms with Crippen LogP contribution in [0.5, 0.6) is 0 Å². The first-order valence-electron chi connectivity index (χ1n) is 3.13. The molecule has 0 saturated carbocycles. The molecule has 3 heteroatoms. The summed E-state index contributed by atoms with van der Waals surface area (Å²) in [5.41, 5.74) is 0. The summed E-state index contributed by atoms with van der Waals surface area (Å²) in [5.74, 6) is -0.463. The molecule has 0 fully saturated rings. The zero-order chi connectivity index (χ0) is 8.15. The first-order valence-corrected chi connectivity index (χ1v) is 3.51. The number of halogens is 2. The number of aliphatic imine (C=N–C) groups is 1. The van der Waals surface area contributed by atoms with Gasteiger partial charge < -0.3 is 0 Å². The summed E-state index contributed by atoms with van der Waals surface area (Å²) in [4.78, 5) is 3.79. The molecule has 1 nitrogen and oxygen atoms in total. The summed E-state index contributed by atoms with van der Waals surface area (Å²) >= 11 is 5.43. The van der Waals surface area contributed by atoms with Gasteiger partial charge in [0.05, 0.1) is 0 Å². The standard InChI is InChI=1S/C7H11ClFN/c1-4-6(9)7(8)10-5(2)3/h4-5H,1-3H3/b6-4+,10-7?. The molecular weight excluding hydrogens is 153 g/mol. The van der Waals surface area contributed by atoms with Crippen molar-refractivity contribution >= 4 is 16.8 Å². The molecule has 0 amide bonds. The predicted molar refractivity (Wildman–Crippen MR) is 43.3 cm³/mol. The highest BCUT2D eigenvalue weighted by Crippen LogP contribution is 2.05. The monoisotopic (exact) mass is 163 g/mol. The minimum Gasteiger partial charge on any atom is -0.268 e. The van der Waals surface area contributed by atoms with E-state index in [1.807, 2.05) is 13.8 Å². The molecule has 0 aliphatic rings. The van der Waals surface area contributed by atoms with Gasteiger partial charge >= 0.3 is 0 Å². The van der Waals surface area contributed by atoms with Crippen LogP contribution in [0, 0.1) is 0 Å². The Bertz CT molecular complexity index is 161. The van der Waals surface area contributed by atoms with Crippen molar-refractivity contribution in [2.24, 2.45) is 4.99 Å². The Balaban J connectivity index is 4.20. The summed E-state index contributed by atoms with van der Waals surface area (Å²) in [6.45, 7) is 5.25. The van der Waals surface area contributed by atoms with Crippen LogP contribution in [-0.2, 0) is 0 Å². The van der Waals surface area contributed by atoms with Crippen molar-refractivity contribution in [2.45, 2.75) is 26.8 Å². The van der Waals surface area contributed by atoms with Crippen molar-refractivity contribution in [3.63, 3.8) is 0 Å². The summed E-state index contributed by atoms with van der Waals surface area (Å²) in [6, 6.07) is 0.0400. The first-order chi connectivity index (χ1) is 4.57. The molecule has 0 unspecified atom stereocenters. The third-order valence-corrected chi connectivity index (χ3v) is 1.10. The van der Waals surface area contributed by atoms with Crippen LogP contribution in [0.15, 0.2) is 16.9 Å². The van der Waals surface area contributed by atoms with E-state index in [1.165, 1.54) is 6.08 Å². The van der Waals surface area contributed by atoms with E-state index in [4.69, 9.17) is 11.6 Å². The average molecular weight is 164 g/mol. The molecule has 58 valence electrons. The number of nitrogens with zero attached hydrogens (tertiary/aromatic N) is 1. The topological polar surface area (TPSA) is 12.4 Å². The summed E-state index contributed by atoms with van der Waals surface area (Å²) in [7, 11) is 0. The zero-order valence-corrected chi connectivity index (χ0v) is 7.11. The van der Waals surface area contributed by atoms with Gasteiger partial charge in [0.15, 0.2) is 11.0 Å². The van der Waals surface area contributed by atoms with Crippen LogP contribution in [0.2, 0.25) is 0 Å². The van der Waals surface area contributed by atoms with Crippen molar-refractivity contribution in [3.05, 3.63) is 11.9 Å². The van der Waals surface area contributed by atoms with Crippen LogP contribution in [-0.4, -0.2) is 11.2 Å². The van der Waals surface area contributed by atoms with E-state index < -0.39 is 5.83 Å². The average Bonchev–Trinajstić information content (AvgIpc) is 1.85. The van der Waals surface area contributed by atoms with E-state index in [0.717, 1.165) is 0 Å². The lowest BCUT2D eigenvalue weighted by molar-refractivity contribution is 0.678. The fourth-order valence-electron chi connectivity index (χ4n) is 0.407. The highest BCUT2D eigenvalue weighted by molar-refractivity contribution is 6.69. The zero-order valence-electron chi connectivity index (χ0n) is 6.36. The second-order valence-corrected chi connectivity index (χ2v) is 2.51. The van der Waals surface area contributed by atoms with Gasteiger partial charge in [-0.05, 0) is 26.8 Å². The van der Waals surface area contributed by atoms with Crippen molar-refractivity contribution in [3.8, 4) is 0 Å². The Morgan fingerprint density at radius 3 is 2.40 bits per heavy atom. The van der Waals surface area contributed by atoms with Gasteiger partial charge in [0.1, 0.15) is 0 Å². The van der Waals surface area contributed by atoms with Gasteiger partial charge in [0, 0.05) is 6.04 Å². The molecular formula is C7H11ClFN. The van der Waals surface area contributed by atoms with Crippen LogP contribution in [0.3, 0.4) is 0 Å². The number of rotatable bonds is 2. The maximum atomic E-state index is 12.5. The van der Waals surface area contributed by atoms with Gasteiger partial charge in [0.25, 0.3) is 0 Å². The molecule has 10 heavy (non-hydrogen) atoms. The number of hydrogen-bond donors (Lipinski definition) is 0. The van der Waals surface area contributed by atoms with Gasteiger partial charge in [-0.15, -0.1) is 0 Å². The molecule has 0 aromatic carbocycles. The Morgan fingerprint density at radius 1 is 1.60 bits per heavy atom. The Morgan fingerprint density at radius 2 is 2.10 bits per heavy atom. The Kier molecular flexibility index (Phi) is 4.28. The summed E-state index contributed by atoms with van der Waals surface area (Å²) in [6.07, 6.45) is 1.29. The van der Waals surface area contributed by atoms with E-state index in [1.54, 1.807) is 6.92 Å². The molecule has 0 atom stereocenters. The quantitative estimate of drug-likeness (QED) is 0.555. The maximum absolute atomic E-state index is 12.5. The van der Waals surface area contributed by atoms with Crippen molar-refractivity contribution < 1.29 is 4.39 Å². The third-order valence-electron chi connectivity index (χ3n) is 0.822. The number of allylic oxidation sites excluding steroid dienone is 2. The van der Waals surface area contributed by atoms with E-state index in [9.17, 15) is 4.39 Å². The molecule has 0 spiro atoms. The molecule has 0 rings (SSSR count). The fraction of sp³-hybridized carbons (Fsp3) is 0.571. The highest BCUT2D eigenvalue weighted by atomic mass is 35.5. The van der Waals surface area contributed by atoms with Gasteiger partial charge in [-0.1, -0.05) is 11.6 Å². The summed E-state index contributed by atoms with van der Waals surface area (Å²) < 4.78 is 12.5. The van der Waals surface area contributed by atoms with E-state index in [-0.39, 0.29) is 11.2 Å². The van der Waals surface area contributed by atoms with Crippen molar-refractivity contribution in [2.75, 3.05) is 0 Å². The van der Waals surface area contributed by atoms with E-state index >= 15 is 0 Å². The first kappa shape index (κ1) is 9.63. The van der Waals surface area contributed by atoms with Crippen LogP contribution in [0.1, 0.15) is 20.8 Å². The van der Waals surface area contributed by atoms with Crippen LogP contribution >= 0.6 is 11.6 Å². The van der Waals surface area contributed by atoms with Crippen LogP contribution < -0.4 is 0 Å². The summed E-state index contributed by atoms with van der Waals surface area (Å²) in [5, 5.41) is -0.0440. The Hall–Kier alpha value is -0.370. The normalized spacial score (nSPS) is 14.6. The molecule has 0 heterocycles. The highest BCUT2D eigenvalue weighted by Gasteiger charge is 2.00. The third kappa shape index (κ3) is 3.62. The van der Waals surface area contributed by atoms with Crippen LogP contribution in [0.25, 0.3) is 0 Å². The largest absolute Gasteiger partial charge is 0.268 e. The minimum absolute atomic E-state index is 0.0400. The predicted octanol–water partition coefficient (Wildman–Crippen LogP) is 2.91. The van der Waals surface area contributed by atoms with Gasteiger partial charge in [-0.25, -0.2) is 4.39 Å². The maximum Gasteiger partial charge on any atom is 0.159 e. The molecule has 0 aromatic heterocycles.